The van der Waals surface area contributed by atoms with Crippen LogP contribution in [0.15, 0.2) is 59.5 Å². The van der Waals surface area contributed by atoms with Crippen molar-refractivity contribution in [1.29, 1.82) is 0 Å². The van der Waals surface area contributed by atoms with Crippen LogP contribution in [-0.4, -0.2) is 35.1 Å². The van der Waals surface area contributed by atoms with Gasteiger partial charge in [0, 0.05) is 18.0 Å². The van der Waals surface area contributed by atoms with Crippen LogP contribution >= 0.6 is 11.8 Å². The first-order valence-corrected chi connectivity index (χ1v) is 10.8. The van der Waals surface area contributed by atoms with Crippen LogP contribution in [-0.2, 0) is 16.1 Å². The topological polar surface area (TPSA) is 49.4 Å². The number of hydrogen-bond acceptors (Lipinski definition) is 3. The van der Waals surface area contributed by atoms with Crippen molar-refractivity contribution in [3.05, 3.63) is 65.7 Å². The van der Waals surface area contributed by atoms with Gasteiger partial charge in [-0.1, -0.05) is 61.9 Å². The van der Waals surface area contributed by atoms with Gasteiger partial charge in [0.2, 0.25) is 11.8 Å². The number of carbonyl (C=O) groups excluding carboxylic acids is 2. The summed E-state index contributed by atoms with van der Waals surface area (Å²) in [6.45, 7) is 7.08. The standard InChI is InChI=1S/C23H30N2O2S/c1-4-15-24-23(27)21(5-2)25(16-19-13-11-18(3)12-14-19)22(26)17-28-20-9-7-6-8-10-20/h6-14,21H,4-5,15-17H2,1-3H3,(H,24,27). The number of nitrogens with zero attached hydrogens (tertiary/aromatic N) is 1. The van der Waals surface area contributed by atoms with Gasteiger partial charge in [0.1, 0.15) is 6.04 Å². The minimum Gasteiger partial charge on any atom is -0.354 e. The van der Waals surface area contributed by atoms with E-state index in [4.69, 9.17) is 0 Å². The highest BCUT2D eigenvalue weighted by Gasteiger charge is 2.28. The Bertz CT molecular complexity index is 747. The van der Waals surface area contributed by atoms with Gasteiger partial charge in [-0.05, 0) is 37.5 Å². The molecule has 0 aliphatic rings. The first-order valence-electron chi connectivity index (χ1n) is 9.85. The first kappa shape index (κ1) is 22.0. The number of nitrogens with one attached hydrogen (secondary N) is 1. The number of rotatable bonds is 10. The second kappa shape index (κ2) is 11.5. The van der Waals surface area contributed by atoms with Crippen LogP contribution in [0.4, 0.5) is 0 Å². The predicted octanol–water partition coefficient (Wildman–Crippen LogP) is 4.42. The lowest BCUT2D eigenvalue weighted by Gasteiger charge is -2.30. The lowest BCUT2D eigenvalue weighted by Crippen LogP contribution is -2.49. The third-order valence-corrected chi connectivity index (χ3v) is 5.51. The second-order valence-electron chi connectivity index (χ2n) is 6.82. The Hall–Kier alpha value is -2.27. The molecule has 150 valence electrons. The molecule has 1 atom stereocenters. The van der Waals surface area contributed by atoms with E-state index in [-0.39, 0.29) is 11.8 Å². The molecule has 0 saturated carbocycles. The summed E-state index contributed by atoms with van der Waals surface area (Å²) in [5.74, 6) is 0.218. The van der Waals surface area contributed by atoms with E-state index in [2.05, 4.69) is 5.32 Å². The van der Waals surface area contributed by atoms with Crippen LogP contribution in [0.2, 0.25) is 0 Å². The largest absolute Gasteiger partial charge is 0.354 e. The molecule has 0 fully saturated rings. The van der Waals surface area contributed by atoms with Gasteiger partial charge in [0.25, 0.3) is 0 Å². The molecular formula is C23H30N2O2S. The second-order valence-corrected chi connectivity index (χ2v) is 7.87. The molecule has 1 unspecified atom stereocenters. The predicted molar refractivity (Wildman–Crippen MR) is 116 cm³/mol. The molecule has 0 aliphatic heterocycles. The number of amides is 2. The average molecular weight is 399 g/mol. The minimum atomic E-state index is -0.461. The van der Waals surface area contributed by atoms with Gasteiger partial charge in [-0.3, -0.25) is 9.59 Å². The third kappa shape index (κ3) is 6.71. The molecule has 28 heavy (non-hydrogen) atoms. The molecule has 2 aromatic carbocycles. The van der Waals surface area contributed by atoms with E-state index in [1.165, 1.54) is 17.3 Å². The van der Waals surface area contributed by atoms with E-state index < -0.39 is 6.04 Å². The zero-order chi connectivity index (χ0) is 20.4. The molecule has 4 nitrogen and oxygen atoms in total. The molecule has 0 radical (unpaired) electrons. The van der Waals surface area contributed by atoms with Gasteiger partial charge in [0.05, 0.1) is 5.75 Å². The van der Waals surface area contributed by atoms with Crippen molar-refractivity contribution in [3.63, 3.8) is 0 Å². The Labute approximate surface area is 172 Å². The number of hydrogen-bond donors (Lipinski definition) is 1. The fourth-order valence-electron chi connectivity index (χ4n) is 2.92. The summed E-state index contributed by atoms with van der Waals surface area (Å²) in [4.78, 5) is 28.6. The molecule has 2 aromatic rings. The van der Waals surface area contributed by atoms with Crippen molar-refractivity contribution in [1.82, 2.24) is 10.2 Å². The number of benzene rings is 2. The fourth-order valence-corrected chi connectivity index (χ4v) is 3.73. The Morgan fingerprint density at radius 2 is 1.71 bits per heavy atom. The molecule has 0 spiro atoms. The lowest BCUT2D eigenvalue weighted by molar-refractivity contribution is -0.139. The fraction of sp³-hybridized carbons (Fsp3) is 0.391. The summed E-state index contributed by atoms with van der Waals surface area (Å²) >= 11 is 1.50. The van der Waals surface area contributed by atoms with Crippen LogP contribution in [0.3, 0.4) is 0 Å². The average Bonchev–Trinajstić information content (AvgIpc) is 2.72. The van der Waals surface area contributed by atoms with Gasteiger partial charge < -0.3 is 10.2 Å². The van der Waals surface area contributed by atoms with Crippen LogP contribution < -0.4 is 5.32 Å². The van der Waals surface area contributed by atoms with Crippen LogP contribution in [0.25, 0.3) is 0 Å². The van der Waals surface area contributed by atoms with Gasteiger partial charge in [-0.15, -0.1) is 11.8 Å². The zero-order valence-electron chi connectivity index (χ0n) is 17.0. The number of aryl methyl sites for hydroxylation is 1. The smallest absolute Gasteiger partial charge is 0.242 e. The Balaban J connectivity index is 2.16. The molecule has 2 amide bonds. The van der Waals surface area contributed by atoms with E-state index >= 15 is 0 Å². The summed E-state index contributed by atoms with van der Waals surface area (Å²) < 4.78 is 0. The molecule has 0 aromatic heterocycles. The Morgan fingerprint density at radius 1 is 1.04 bits per heavy atom. The molecule has 5 heteroatoms. The summed E-state index contributed by atoms with van der Waals surface area (Å²) in [6, 6.07) is 17.5. The van der Waals surface area contributed by atoms with Gasteiger partial charge in [-0.2, -0.15) is 0 Å². The normalized spacial score (nSPS) is 11.7. The van der Waals surface area contributed by atoms with Gasteiger partial charge in [-0.25, -0.2) is 0 Å². The maximum Gasteiger partial charge on any atom is 0.242 e. The Morgan fingerprint density at radius 3 is 2.32 bits per heavy atom. The highest BCUT2D eigenvalue weighted by Crippen LogP contribution is 2.20. The lowest BCUT2D eigenvalue weighted by atomic mass is 10.1. The first-order chi connectivity index (χ1) is 13.5. The SMILES string of the molecule is CCCNC(=O)C(CC)N(Cc1ccc(C)cc1)C(=O)CSc1ccccc1. The van der Waals surface area contributed by atoms with Crippen LogP contribution in [0.1, 0.15) is 37.8 Å². The number of carbonyl (C=O) groups is 2. The van der Waals surface area contributed by atoms with Crippen LogP contribution in [0.5, 0.6) is 0 Å². The summed E-state index contributed by atoms with van der Waals surface area (Å²) in [5, 5.41) is 2.95. The molecule has 1 N–H and O–H groups in total. The number of thioether (sulfide) groups is 1. The van der Waals surface area contributed by atoms with E-state index in [1.54, 1.807) is 4.90 Å². The zero-order valence-corrected chi connectivity index (χ0v) is 17.8. The molecule has 0 heterocycles. The minimum absolute atomic E-state index is 0.0204. The van der Waals surface area contributed by atoms with E-state index in [0.29, 0.717) is 25.3 Å². The molecule has 0 aliphatic carbocycles. The van der Waals surface area contributed by atoms with Crippen molar-refractivity contribution in [2.75, 3.05) is 12.3 Å². The van der Waals surface area contributed by atoms with E-state index in [1.807, 2.05) is 75.4 Å². The molecule has 0 saturated heterocycles. The van der Waals surface area contributed by atoms with Gasteiger partial charge in [0.15, 0.2) is 0 Å². The van der Waals surface area contributed by atoms with E-state index in [9.17, 15) is 9.59 Å². The summed E-state index contributed by atoms with van der Waals surface area (Å²) in [6.07, 6.45) is 1.46. The summed E-state index contributed by atoms with van der Waals surface area (Å²) in [5.41, 5.74) is 2.21. The molecular weight excluding hydrogens is 368 g/mol. The summed E-state index contributed by atoms with van der Waals surface area (Å²) in [7, 11) is 0. The molecule has 2 rings (SSSR count). The van der Waals surface area contributed by atoms with Crippen molar-refractivity contribution in [2.45, 2.75) is 51.1 Å². The maximum absolute atomic E-state index is 13.1. The van der Waals surface area contributed by atoms with Gasteiger partial charge >= 0.3 is 0 Å². The van der Waals surface area contributed by atoms with Crippen LogP contribution in [0, 0.1) is 6.92 Å². The van der Waals surface area contributed by atoms with Crippen molar-refractivity contribution >= 4 is 23.6 Å². The highest BCUT2D eigenvalue weighted by atomic mass is 32.2. The maximum atomic E-state index is 13.1. The molecule has 0 bridgehead atoms. The Kier molecular flexibility index (Phi) is 9.08. The quantitative estimate of drug-likeness (QED) is 0.603. The third-order valence-electron chi connectivity index (χ3n) is 4.51. The van der Waals surface area contributed by atoms with Crippen molar-refractivity contribution in [3.8, 4) is 0 Å². The van der Waals surface area contributed by atoms with E-state index in [0.717, 1.165) is 16.9 Å². The van der Waals surface area contributed by atoms with Crippen molar-refractivity contribution < 1.29 is 9.59 Å². The van der Waals surface area contributed by atoms with Crippen molar-refractivity contribution in [2.24, 2.45) is 0 Å². The highest BCUT2D eigenvalue weighted by molar-refractivity contribution is 8.00. The monoisotopic (exact) mass is 398 g/mol.